The Morgan fingerprint density at radius 2 is 1.94 bits per heavy atom. The smallest absolute Gasteiger partial charge is 0.242 e. The summed E-state index contributed by atoms with van der Waals surface area (Å²) in [6, 6.07) is 9.09. The van der Waals surface area contributed by atoms with Crippen molar-refractivity contribution < 1.29 is 9.90 Å². The van der Waals surface area contributed by atoms with Gasteiger partial charge in [0.15, 0.2) is 0 Å². The maximum Gasteiger partial charge on any atom is 0.242 e. The zero-order chi connectivity index (χ0) is 13.0. The molecule has 1 fully saturated rings. The Hall–Kier alpha value is -1.06. The molecule has 1 aliphatic carbocycles. The second-order valence-corrected chi connectivity index (χ2v) is 5.18. The number of carbonyl (C=O) groups excluding carboxylic acids is 1. The van der Waals surface area contributed by atoms with E-state index >= 15 is 0 Å². The highest BCUT2D eigenvalue weighted by molar-refractivity contribution is 6.30. The van der Waals surface area contributed by atoms with Gasteiger partial charge in [0.05, 0.1) is 12.1 Å². The lowest BCUT2D eigenvalue weighted by Crippen LogP contribution is -2.46. The third-order valence-corrected chi connectivity index (χ3v) is 3.83. The number of carbonyl (C=O) groups is 1. The van der Waals surface area contributed by atoms with Crippen molar-refractivity contribution in [3.8, 4) is 0 Å². The van der Waals surface area contributed by atoms with Gasteiger partial charge >= 0.3 is 0 Å². The molecule has 2 N–H and O–H groups in total. The van der Waals surface area contributed by atoms with Crippen LogP contribution in [0.3, 0.4) is 0 Å². The van der Waals surface area contributed by atoms with Gasteiger partial charge in [0.25, 0.3) is 0 Å². The molecule has 0 aromatic heterocycles. The van der Waals surface area contributed by atoms with Crippen molar-refractivity contribution in [2.24, 2.45) is 0 Å². The highest BCUT2D eigenvalue weighted by Crippen LogP contribution is 2.23. The molecule has 0 aliphatic heterocycles. The zero-order valence-electron chi connectivity index (χ0n) is 10.2. The zero-order valence-corrected chi connectivity index (χ0v) is 10.9. The van der Waals surface area contributed by atoms with E-state index in [1.54, 1.807) is 0 Å². The van der Waals surface area contributed by atoms with Crippen LogP contribution < -0.4 is 5.32 Å². The molecule has 1 aromatic carbocycles. The van der Waals surface area contributed by atoms with Gasteiger partial charge in [-0.1, -0.05) is 43.2 Å². The number of amides is 1. The van der Waals surface area contributed by atoms with Gasteiger partial charge in [-0.25, -0.2) is 0 Å². The van der Waals surface area contributed by atoms with Crippen LogP contribution in [0.1, 0.15) is 36.6 Å². The fourth-order valence-electron chi connectivity index (χ4n) is 2.31. The minimum Gasteiger partial charge on any atom is -0.391 e. The van der Waals surface area contributed by atoms with Crippen molar-refractivity contribution in [1.29, 1.82) is 0 Å². The van der Waals surface area contributed by atoms with Gasteiger partial charge in [0, 0.05) is 0 Å². The normalized spacial score (nSPS) is 25.4. The molecule has 1 unspecified atom stereocenters. The van der Waals surface area contributed by atoms with Crippen molar-refractivity contribution in [1.82, 2.24) is 5.32 Å². The number of rotatable bonds is 3. The monoisotopic (exact) mass is 267 g/mol. The summed E-state index contributed by atoms with van der Waals surface area (Å²) < 4.78 is 0. The summed E-state index contributed by atoms with van der Waals surface area (Å²) in [5.41, 5.74) is 0.780. The van der Waals surface area contributed by atoms with Crippen LogP contribution in [0.15, 0.2) is 30.3 Å². The first-order valence-corrected chi connectivity index (χ1v) is 6.79. The predicted molar refractivity (Wildman–Crippen MR) is 71.4 cm³/mol. The minimum absolute atomic E-state index is 0.156. The van der Waals surface area contributed by atoms with Crippen LogP contribution in [-0.4, -0.2) is 23.2 Å². The molecule has 98 valence electrons. The highest BCUT2D eigenvalue weighted by Gasteiger charge is 2.27. The molecule has 0 heterocycles. The number of halogens is 1. The van der Waals surface area contributed by atoms with E-state index < -0.39 is 11.5 Å². The van der Waals surface area contributed by atoms with Crippen LogP contribution in [0.25, 0.3) is 0 Å². The van der Waals surface area contributed by atoms with Gasteiger partial charge in [0.2, 0.25) is 5.91 Å². The predicted octanol–water partition coefficient (Wildman–Crippen LogP) is 2.39. The number of benzene rings is 1. The topological polar surface area (TPSA) is 49.3 Å². The molecular formula is C14H18ClNO2. The van der Waals surface area contributed by atoms with Crippen LogP contribution in [-0.2, 0) is 4.79 Å². The Morgan fingerprint density at radius 3 is 2.61 bits per heavy atom. The maximum atomic E-state index is 12.0. The molecule has 18 heavy (non-hydrogen) atoms. The van der Waals surface area contributed by atoms with E-state index in [2.05, 4.69) is 5.32 Å². The summed E-state index contributed by atoms with van der Waals surface area (Å²) in [6.45, 7) is 0. The Morgan fingerprint density at radius 1 is 1.28 bits per heavy atom. The van der Waals surface area contributed by atoms with Crippen LogP contribution in [0.5, 0.6) is 0 Å². The van der Waals surface area contributed by atoms with Crippen LogP contribution in [0.2, 0.25) is 0 Å². The average molecular weight is 268 g/mol. The Labute approximate surface area is 112 Å². The Bertz CT molecular complexity index is 396. The molecule has 2 rings (SSSR count). The van der Waals surface area contributed by atoms with Gasteiger partial charge in [0.1, 0.15) is 5.38 Å². The third-order valence-electron chi connectivity index (χ3n) is 3.38. The molecule has 0 saturated heterocycles. The second kappa shape index (κ2) is 6.21. The fraction of sp³-hybridized carbons (Fsp3) is 0.500. The average Bonchev–Trinajstić information content (AvgIpc) is 2.41. The number of hydrogen-bond acceptors (Lipinski definition) is 2. The first-order chi connectivity index (χ1) is 8.68. The van der Waals surface area contributed by atoms with Gasteiger partial charge in [-0.2, -0.15) is 0 Å². The fourth-order valence-corrected chi connectivity index (χ4v) is 2.52. The lowest BCUT2D eigenvalue weighted by Gasteiger charge is -2.29. The number of aliphatic hydroxyl groups is 1. The van der Waals surface area contributed by atoms with Crippen LogP contribution in [0, 0.1) is 0 Å². The molecular weight excluding hydrogens is 250 g/mol. The summed E-state index contributed by atoms with van der Waals surface area (Å²) in [6.07, 6.45) is 3.20. The van der Waals surface area contributed by atoms with E-state index in [1.807, 2.05) is 30.3 Å². The lowest BCUT2D eigenvalue weighted by molar-refractivity contribution is -0.122. The number of nitrogens with one attached hydrogen (secondary N) is 1. The molecule has 0 spiro atoms. The number of aliphatic hydroxyl groups excluding tert-OH is 1. The lowest BCUT2D eigenvalue weighted by atomic mass is 9.92. The maximum absolute atomic E-state index is 12.0. The molecule has 1 aliphatic rings. The second-order valence-electron chi connectivity index (χ2n) is 4.74. The van der Waals surface area contributed by atoms with Crippen molar-refractivity contribution in [3.63, 3.8) is 0 Å². The van der Waals surface area contributed by atoms with Crippen molar-refractivity contribution in [2.75, 3.05) is 0 Å². The molecule has 0 bridgehead atoms. The molecule has 1 amide bonds. The molecule has 3 atom stereocenters. The summed E-state index contributed by atoms with van der Waals surface area (Å²) in [7, 11) is 0. The number of alkyl halides is 1. The molecule has 1 saturated carbocycles. The van der Waals surface area contributed by atoms with E-state index in [0.29, 0.717) is 0 Å². The minimum atomic E-state index is -0.694. The van der Waals surface area contributed by atoms with E-state index in [-0.39, 0.29) is 11.9 Å². The van der Waals surface area contributed by atoms with Crippen molar-refractivity contribution in [3.05, 3.63) is 35.9 Å². The largest absolute Gasteiger partial charge is 0.391 e. The first-order valence-electron chi connectivity index (χ1n) is 6.36. The Kier molecular flexibility index (Phi) is 4.61. The molecule has 4 heteroatoms. The van der Waals surface area contributed by atoms with Crippen molar-refractivity contribution >= 4 is 17.5 Å². The van der Waals surface area contributed by atoms with E-state index in [1.165, 1.54) is 0 Å². The molecule has 1 aromatic rings. The third kappa shape index (κ3) is 3.24. The molecule has 0 radical (unpaired) electrons. The van der Waals surface area contributed by atoms with E-state index in [4.69, 9.17) is 11.6 Å². The highest BCUT2D eigenvalue weighted by atomic mass is 35.5. The van der Waals surface area contributed by atoms with Gasteiger partial charge < -0.3 is 10.4 Å². The van der Waals surface area contributed by atoms with Gasteiger partial charge in [-0.05, 0) is 18.4 Å². The van der Waals surface area contributed by atoms with Gasteiger partial charge in [-0.15, -0.1) is 11.6 Å². The van der Waals surface area contributed by atoms with Crippen LogP contribution >= 0.6 is 11.6 Å². The summed E-state index contributed by atoms with van der Waals surface area (Å²) >= 11 is 6.13. The standard InChI is InChI=1S/C14H18ClNO2/c15-13(10-6-2-1-3-7-10)14(18)16-11-8-4-5-9-12(11)17/h1-3,6-7,11-13,17H,4-5,8-9H2,(H,16,18)/t11-,12-,13?/m1/s1. The number of hydrogen-bond donors (Lipinski definition) is 2. The summed E-state index contributed by atoms with van der Waals surface area (Å²) in [5, 5.41) is 12.0. The summed E-state index contributed by atoms with van der Waals surface area (Å²) in [5.74, 6) is -0.228. The molecule has 3 nitrogen and oxygen atoms in total. The van der Waals surface area contributed by atoms with Crippen molar-refractivity contribution in [2.45, 2.75) is 43.2 Å². The van der Waals surface area contributed by atoms with E-state index in [0.717, 1.165) is 31.2 Å². The quantitative estimate of drug-likeness (QED) is 0.826. The van der Waals surface area contributed by atoms with E-state index in [9.17, 15) is 9.90 Å². The van der Waals surface area contributed by atoms with Gasteiger partial charge in [-0.3, -0.25) is 4.79 Å². The SMILES string of the molecule is O=C(N[C@@H]1CCCC[C@H]1O)C(Cl)c1ccccc1. The first kappa shape index (κ1) is 13.4. The van der Waals surface area contributed by atoms with Crippen LogP contribution in [0.4, 0.5) is 0 Å². The summed E-state index contributed by atoms with van der Waals surface area (Å²) in [4.78, 5) is 12.0. The Balaban J connectivity index is 1.95.